The Hall–Kier alpha value is -4.46. The zero-order chi connectivity index (χ0) is 24.9. The molecule has 0 aliphatic heterocycles. The standard InChI is InChI=1S/C27H23FN2O5/c1-2-7-24(26(32)33)30-25(31)16-12-17(28)14-18(13-16)29-27(34)35-15-23-21-10-5-3-8-19(21)20-9-4-6-11-22(20)23/h2-6,8-14,23-24H,1,7,15H2,(H,29,34)(H,30,31)(H,32,33). The van der Waals surface area contributed by atoms with E-state index in [1.165, 1.54) is 12.1 Å². The molecule has 1 atom stereocenters. The second-order valence-corrected chi connectivity index (χ2v) is 8.07. The molecule has 178 valence electrons. The van der Waals surface area contributed by atoms with Crippen molar-refractivity contribution in [1.29, 1.82) is 0 Å². The van der Waals surface area contributed by atoms with Crippen LogP contribution in [-0.2, 0) is 9.53 Å². The number of hydrogen-bond donors (Lipinski definition) is 3. The van der Waals surface area contributed by atoms with Gasteiger partial charge in [-0.05, 0) is 46.9 Å². The summed E-state index contributed by atoms with van der Waals surface area (Å²) in [5.74, 6) is -2.96. The van der Waals surface area contributed by atoms with Crippen molar-refractivity contribution in [2.75, 3.05) is 11.9 Å². The lowest BCUT2D eigenvalue weighted by molar-refractivity contribution is -0.139. The lowest BCUT2D eigenvalue weighted by atomic mass is 9.98. The van der Waals surface area contributed by atoms with Crippen molar-refractivity contribution in [3.05, 3.63) is 102 Å². The number of nitrogens with one attached hydrogen (secondary N) is 2. The SMILES string of the molecule is C=CCC(NC(=O)c1cc(F)cc(NC(=O)OCC2c3ccccc3-c3ccccc32)c1)C(=O)O. The fourth-order valence-corrected chi connectivity index (χ4v) is 4.17. The summed E-state index contributed by atoms with van der Waals surface area (Å²) < 4.78 is 19.6. The van der Waals surface area contributed by atoms with Gasteiger partial charge in [-0.3, -0.25) is 10.1 Å². The Bertz CT molecular complexity index is 1260. The van der Waals surface area contributed by atoms with Gasteiger partial charge in [0.25, 0.3) is 5.91 Å². The number of carbonyl (C=O) groups is 3. The highest BCUT2D eigenvalue weighted by molar-refractivity contribution is 5.98. The maximum absolute atomic E-state index is 14.1. The molecule has 0 saturated carbocycles. The van der Waals surface area contributed by atoms with E-state index in [2.05, 4.69) is 17.2 Å². The largest absolute Gasteiger partial charge is 0.480 e. The molecule has 0 bridgehead atoms. The quantitative estimate of drug-likeness (QED) is 0.401. The molecule has 2 amide bonds. The second kappa shape index (κ2) is 10.2. The first-order chi connectivity index (χ1) is 16.9. The molecular weight excluding hydrogens is 451 g/mol. The van der Waals surface area contributed by atoms with Crippen LogP contribution in [0.4, 0.5) is 14.9 Å². The van der Waals surface area contributed by atoms with Gasteiger partial charge < -0.3 is 15.2 Å². The summed E-state index contributed by atoms with van der Waals surface area (Å²) in [6.07, 6.45) is 0.551. The van der Waals surface area contributed by atoms with Crippen molar-refractivity contribution >= 4 is 23.7 Å². The number of aliphatic carboxylic acids is 1. The van der Waals surface area contributed by atoms with Crippen LogP contribution in [0.2, 0.25) is 0 Å². The van der Waals surface area contributed by atoms with Gasteiger partial charge in [-0.25, -0.2) is 14.0 Å². The minimum atomic E-state index is -1.24. The number of anilines is 1. The van der Waals surface area contributed by atoms with Crippen molar-refractivity contribution in [3.63, 3.8) is 0 Å². The second-order valence-electron chi connectivity index (χ2n) is 8.07. The van der Waals surface area contributed by atoms with Crippen molar-refractivity contribution in [1.82, 2.24) is 5.32 Å². The number of hydrogen-bond acceptors (Lipinski definition) is 4. The summed E-state index contributed by atoms with van der Waals surface area (Å²) in [5.41, 5.74) is 4.15. The molecule has 0 fully saturated rings. The molecule has 7 nitrogen and oxygen atoms in total. The summed E-state index contributed by atoms with van der Waals surface area (Å²) in [6, 6.07) is 17.8. The van der Waals surface area contributed by atoms with Gasteiger partial charge in [0.2, 0.25) is 0 Å². The van der Waals surface area contributed by atoms with Gasteiger partial charge in [-0.15, -0.1) is 6.58 Å². The highest BCUT2D eigenvalue weighted by atomic mass is 19.1. The van der Waals surface area contributed by atoms with Crippen LogP contribution in [0.15, 0.2) is 79.4 Å². The number of carbonyl (C=O) groups excluding carboxylic acids is 2. The number of ether oxygens (including phenoxy) is 1. The summed E-state index contributed by atoms with van der Waals surface area (Å²) in [7, 11) is 0. The third-order valence-electron chi connectivity index (χ3n) is 5.76. The predicted molar refractivity (Wildman–Crippen MR) is 129 cm³/mol. The zero-order valence-electron chi connectivity index (χ0n) is 18.7. The highest BCUT2D eigenvalue weighted by Gasteiger charge is 2.29. The molecule has 1 aliphatic rings. The van der Waals surface area contributed by atoms with Crippen LogP contribution in [0.5, 0.6) is 0 Å². The third-order valence-corrected chi connectivity index (χ3v) is 5.76. The molecule has 1 unspecified atom stereocenters. The molecule has 3 aromatic rings. The Morgan fingerprint density at radius 2 is 1.66 bits per heavy atom. The van der Waals surface area contributed by atoms with Gasteiger partial charge in [0.15, 0.2) is 0 Å². The first kappa shape index (κ1) is 23.7. The Balaban J connectivity index is 1.44. The number of fused-ring (bicyclic) bond motifs is 3. The van der Waals surface area contributed by atoms with Crippen LogP contribution >= 0.6 is 0 Å². The first-order valence-electron chi connectivity index (χ1n) is 10.9. The molecule has 0 spiro atoms. The van der Waals surface area contributed by atoms with E-state index in [4.69, 9.17) is 4.74 Å². The van der Waals surface area contributed by atoms with Gasteiger partial charge in [-0.1, -0.05) is 54.6 Å². The van der Waals surface area contributed by atoms with E-state index in [1.807, 2.05) is 48.5 Å². The zero-order valence-corrected chi connectivity index (χ0v) is 18.7. The van der Waals surface area contributed by atoms with Crippen LogP contribution in [-0.4, -0.2) is 35.7 Å². The van der Waals surface area contributed by atoms with E-state index < -0.39 is 29.8 Å². The van der Waals surface area contributed by atoms with Crippen molar-refractivity contribution in [2.24, 2.45) is 0 Å². The molecule has 8 heteroatoms. The summed E-state index contributed by atoms with van der Waals surface area (Å²) >= 11 is 0. The van der Waals surface area contributed by atoms with Gasteiger partial charge in [0, 0.05) is 17.2 Å². The minimum absolute atomic E-state index is 0.00124. The average Bonchev–Trinajstić information content (AvgIpc) is 3.15. The molecular formula is C27H23FN2O5. The third kappa shape index (κ3) is 5.22. The molecule has 0 aromatic heterocycles. The van der Waals surface area contributed by atoms with E-state index in [0.717, 1.165) is 34.4 Å². The van der Waals surface area contributed by atoms with E-state index in [-0.39, 0.29) is 30.2 Å². The lowest BCUT2D eigenvalue weighted by Crippen LogP contribution is -2.40. The summed E-state index contributed by atoms with van der Waals surface area (Å²) in [6.45, 7) is 3.53. The van der Waals surface area contributed by atoms with Crippen LogP contribution in [0.25, 0.3) is 11.1 Å². The topological polar surface area (TPSA) is 105 Å². The maximum atomic E-state index is 14.1. The normalized spacial score (nSPS) is 12.7. The van der Waals surface area contributed by atoms with E-state index >= 15 is 0 Å². The minimum Gasteiger partial charge on any atom is -0.480 e. The number of amides is 2. The Morgan fingerprint density at radius 1 is 1.03 bits per heavy atom. The van der Waals surface area contributed by atoms with E-state index in [1.54, 1.807) is 0 Å². The van der Waals surface area contributed by atoms with Gasteiger partial charge in [0.1, 0.15) is 18.5 Å². The van der Waals surface area contributed by atoms with Crippen molar-refractivity contribution < 1.29 is 28.6 Å². The highest BCUT2D eigenvalue weighted by Crippen LogP contribution is 2.44. The predicted octanol–water partition coefficient (Wildman–Crippen LogP) is 4.95. The Kier molecular flexibility index (Phi) is 6.91. The molecule has 0 radical (unpaired) electrons. The number of carboxylic acid groups (broad SMARTS) is 1. The van der Waals surface area contributed by atoms with Crippen LogP contribution in [0.1, 0.15) is 33.8 Å². The molecule has 4 rings (SSSR count). The lowest BCUT2D eigenvalue weighted by Gasteiger charge is -2.15. The smallest absolute Gasteiger partial charge is 0.411 e. The molecule has 1 aliphatic carbocycles. The van der Waals surface area contributed by atoms with E-state index in [9.17, 15) is 23.9 Å². The average molecular weight is 474 g/mol. The van der Waals surface area contributed by atoms with Gasteiger partial charge >= 0.3 is 12.1 Å². The Morgan fingerprint density at radius 3 is 2.26 bits per heavy atom. The monoisotopic (exact) mass is 474 g/mol. The summed E-state index contributed by atoms with van der Waals surface area (Å²) in [5, 5.41) is 13.9. The number of halogens is 1. The maximum Gasteiger partial charge on any atom is 0.411 e. The van der Waals surface area contributed by atoms with Crippen molar-refractivity contribution in [3.8, 4) is 11.1 Å². The van der Waals surface area contributed by atoms with Gasteiger partial charge in [-0.2, -0.15) is 0 Å². The Labute approximate surface area is 201 Å². The molecule has 0 saturated heterocycles. The molecule has 3 N–H and O–H groups in total. The fourth-order valence-electron chi connectivity index (χ4n) is 4.17. The molecule has 0 heterocycles. The van der Waals surface area contributed by atoms with E-state index in [0.29, 0.717) is 0 Å². The van der Waals surface area contributed by atoms with Crippen molar-refractivity contribution in [2.45, 2.75) is 18.4 Å². The molecule has 35 heavy (non-hydrogen) atoms. The number of benzene rings is 3. The summed E-state index contributed by atoms with van der Waals surface area (Å²) in [4.78, 5) is 36.2. The van der Waals surface area contributed by atoms with Gasteiger partial charge in [0.05, 0.1) is 0 Å². The van der Waals surface area contributed by atoms with Crippen LogP contribution in [0, 0.1) is 5.82 Å². The number of rotatable bonds is 8. The fraction of sp³-hybridized carbons (Fsp3) is 0.148. The first-order valence-corrected chi connectivity index (χ1v) is 10.9. The molecule has 3 aromatic carbocycles. The number of carboxylic acids is 1. The van der Waals surface area contributed by atoms with Crippen LogP contribution < -0.4 is 10.6 Å². The van der Waals surface area contributed by atoms with Crippen LogP contribution in [0.3, 0.4) is 0 Å².